The molecule has 7 nitrogen and oxygen atoms in total. The van der Waals surface area contributed by atoms with Crippen molar-refractivity contribution in [3.05, 3.63) is 60.2 Å². The van der Waals surface area contributed by atoms with Crippen molar-refractivity contribution in [2.75, 3.05) is 13.7 Å². The monoisotopic (exact) mass is 386 g/mol. The number of benzene rings is 1. The SMILES string of the molecule is COc1ccc(S(=O)(=O)NCCc2cnn(C)c2)cc1-c1ccnc(C)c1. The number of sulfonamides is 1. The standard InChI is InChI=1S/C19H22N4O3S/c1-14-10-16(7-8-20-14)18-11-17(4-5-19(18)26-3)27(24,25)22-9-6-15-12-21-23(2)13-15/h4-5,7-8,10-13,22H,6,9H2,1-3H3. The fraction of sp³-hybridized carbons (Fsp3) is 0.263. The van der Waals surface area contributed by atoms with E-state index >= 15 is 0 Å². The van der Waals surface area contributed by atoms with Crippen LogP contribution in [0.2, 0.25) is 0 Å². The van der Waals surface area contributed by atoms with Crippen molar-refractivity contribution in [3.63, 3.8) is 0 Å². The number of aromatic nitrogens is 3. The van der Waals surface area contributed by atoms with Crippen LogP contribution in [0.3, 0.4) is 0 Å². The van der Waals surface area contributed by atoms with Gasteiger partial charge >= 0.3 is 0 Å². The van der Waals surface area contributed by atoms with Gasteiger partial charge < -0.3 is 4.74 Å². The molecule has 0 bridgehead atoms. The molecule has 0 aliphatic rings. The highest BCUT2D eigenvalue weighted by atomic mass is 32.2. The van der Waals surface area contributed by atoms with Gasteiger partial charge in [0, 0.05) is 37.2 Å². The Balaban J connectivity index is 1.83. The van der Waals surface area contributed by atoms with Crippen molar-refractivity contribution < 1.29 is 13.2 Å². The molecule has 8 heteroatoms. The fourth-order valence-electron chi connectivity index (χ4n) is 2.81. The van der Waals surface area contributed by atoms with Crippen molar-refractivity contribution in [2.45, 2.75) is 18.2 Å². The van der Waals surface area contributed by atoms with Crippen LogP contribution in [0.4, 0.5) is 0 Å². The maximum absolute atomic E-state index is 12.7. The smallest absolute Gasteiger partial charge is 0.240 e. The first-order valence-electron chi connectivity index (χ1n) is 8.47. The Kier molecular flexibility index (Phi) is 5.57. The number of ether oxygens (including phenoxy) is 1. The van der Waals surface area contributed by atoms with Gasteiger partial charge in [-0.05, 0) is 54.8 Å². The van der Waals surface area contributed by atoms with Crippen LogP contribution >= 0.6 is 0 Å². The zero-order chi connectivity index (χ0) is 19.4. The number of hydrogen-bond donors (Lipinski definition) is 1. The van der Waals surface area contributed by atoms with Crippen LogP contribution in [0.15, 0.2) is 53.8 Å². The highest BCUT2D eigenvalue weighted by Crippen LogP contribution is 2.32. The van der Waals surface area contributed by atoms with Gasteiger partial charge in [0.05, 0.1) is 18.2 Å². The van der Waals surface area contributed by atoms with E-state index in [9.17, 15) is 8.42 Å². The molecule has 0 unspecified atom stereocenters. The predicted molar refractivity (Wildman–Crippen MR) is 103 cm³/mol. The molecule has 0 spiro atoms. The molecule has 2 aromatic heterocycles. The van der Waals surface area contributed by atoms with Crippen molar-refractivity contribution in [2.24, 2.45) is 7.05 Å². The highest BCUT2D eigenvalue weighted by molar-refractivity contribution is 7.89. The third-order valence-electron chi connectivity index (χ3n) is 4.15. The topological polar surface area (TPSA) is 86.1 Å². The maximum Gasteiger partial charge on any atom is 0.240 e. The van der Waals surface area contributed by atoms with Gasteiger partial charge in [0.15, 0.2) is 0 Å². The third kappa shape index (κ3) is 4.53. The lowest BCUT2D eigenvalue weighted by Gasteiger charge is -2.12. The number of rotatable bonds is 7. The van der Waals surface area contributed by atoms with Gasteiger partial charge in [-0.2, -0.15) is 5.10 Å². The Morgan fingerprint density at radius 1 is 1.22 bits per heavy atom. The highest BCUT2D eigenvalue weighted by Gasteiger charge is 2.17. The average Bonchev–Trinajstić information content (AvgIpc) is 3.06. The zero-order valence-electron chi connectivity index (χ0n) is 15.5. The number of nitrogens with zero attached hydrogens (tertiary/aromatic N) is 3. The molecule has 142 valence electrons. The molecule has 0 radical (unpaired) electrons. The van der Waals surface area contributed by atoms with E-state index in [2.05, 4.69) is 14.8 Å². The molecule has 0 fully saturated rings. The summed E-state index contributed by atoms with van der Waals surface area (Å²) >= 11 is 0. The Morgan fingerprint density at radius 2 is 2.04 bits per heavy atom. The average molecular weight is 386 g/mol. The van der Waals surface area contributed by atoms with E-state index in [0.717, 1.165) is 16.8 Å². The molecule has 0 aliphatic heterocycles. The summed E-state index contributed by atoms with van der Waals surface area (Å²) in [5.41, 5.74) is 3.38. The zero-order valence-corrected chi connectivity index (χ0v) is 16.3. The number of nitrogens with one attached hydrogen (secondary N) is 1. The summed E-state index contributed by atoms with van der Waals surface area (Å²) in [5.74, 6) is 0.606. The quantitative estimate of drug-likeness (QED) is 0.673. The second-order valence-corrected chi connectivity index (χ2v) is 7.98. The van der Waals surface area contributed by atoms with Crippen molar-refractivity contribution in [1.82, 2.24) is 19.5 Å². The number of hydrogen-bond acceptors (Lipinski definition) is 5. The molecule has 0 amide bonds. The molecule has 3 aromatic rings. The van der Waals surface area contributed by atoms with Crippen LogP contribution in [-0.4, -0.2) is 36.8 Å². The fourth-order valence-corrected chi connectivity index (χ4v) is 3.86. The first-order chi connectivity index (χ1) is 12.9. The largest absolute Gasteiger partial charge is 0.496 e. The summed E-state index contributed by atoms with van der Waals surface area (Å²) in [5, 5.41) is 4.08. The summed E-state index contributed by atoms with van der Waals surface area (Å²) in [6.07, 6.45) is 5.86. The molecule has 2 heterocycles. The molecule has 1 aromatic carbocycles. The van der Waals surface area contributed by atoms with E-state index in [-0.39, 0.29) is 4.90 Å². The van der Waals surface area contributed by atoms with Crippen LogP contribution in [0.25, 0.3) is 11.1 Å². The van der Waals surface area contributed by atoms with Crippen LogP contribution < -0.4 is 9.46 Å². The van der Waals surface area contributed by atoms with E-state index in [1.54, 1.807) is 42.4 Å². The molecule has 1 N–H and O–H groups in total. The van der Waals surface area contributed by atoms with E-state index in [1.165, 1.54) is 0 Å². The van der Waals surface area contributed by atoms with Gasteiger partial charge in [-0.1, -0.05) is 0 Å². The Hall–Kier alpha value is -2.71. The minimum atomic E-state index is -3.64. The number of aryl methyl sites for hydroxylation is 2. The summed E-state index contributed by atoms with van der Waals surface area (Å²) < 4.78 is 35.1. The molecule has 0 saturated heterocycles. The predicted octanol–water partition coefficient (Wildman–Crippen LogP) is 2.32. The molecular formula is C19H22N4O3S. The van der Waals surface area contributed by atoms with Gasteiger partial charge in [-0.3, -0.25) is 9.67 Å². The second kappa shape index (κ2) is 7.89. The maximum atomic E-state index is 12.7. The van der Waals surface area contributed by atoms with Crippen LogP contribution in [0.1, 0.15) is 11.3 Å². The van der Waals surface area contributed by atoms with Gasteiger partial charge in [-0.15, -0.1) is 0 Å². The molecular weight excluding hydrogens is 364 g/mol. The Morgan fingerprint density at radius 3 is 2.70 bits per heavy atom. The van der Waals surface area contributed by atoms with Crippen molar-refractivity contribution in [1.29, 1.82) is 0 Å². The van der Waals surface area contributed by atoms with Crippen LogP contribution in [-0.2, 0) is 23.5 Å². The van der Waals surface area contributed by atoms with Crippen molar-refractivity contribution in [3.8, 4) is 16.9 Å². The minimum Gasteiger partial charge on any atom is -0.496 e. The Labute approximate surface area is 159 Å². The second-order valence-electron chi connectivity index (χ2n) is 6.22. The van der Waals surface area contributed by atoms with E-state index < -0.39 is 10.0 Å². The van der Waals surface area contributed by atoms with Crippen molar-refractivity contribution >= 4 is 10.0 Å². The number of pyridine rings is 1. The van der Waals surface area contributed by atoms with Gasteiger partial charge in [0.25, 0.3) is 0 Å². The first-order valence-corrected chi connectivity index (χ1v) is 9.95. The Bertz CT molecular complexity index is 1040. The van der Waals surface area contributed by atoms with Gasteiger partial charge in [0.1, 0.15) is 5.75 Å². The molecule has 0 saturated carbocycles. The lowest BCUT2D eigenvalue weighted by atomic mass is 10.1. The van der Waals surface area contributed by atoms with Crippen LogP contribution in [0, 0.1) is 6.92 Å². The number of methoxy groups -OCH3 is 1. The van der Waals surface area contributed by atoms with E-state index in [1.807, 2.05) is 32.3 Å². The van der Waals surface area contributed by atoms with E-state index in [0.29, 0.717) is 24.3 Å². The lowest BCUT2D eigenvalue weighted by molar-refractivity contribution is 0.416. The molecule has 3 rings (SSSR count). The van der Waals surface area contributed by atoms with Crippen LogP contribution in [0.5, 0.6) is 5.75 Å². The summed E-state index contributed by atoms with van der Waals surface area (Å²) in [6, 6.07) is 8.56. The first kappa shape index (κ1) is 19.1. The summed E-state index contributed by atoms with van der Waals surface area (Å²) in [7, 11) is -0.248. The lowest BCUT2D eigenvalue weighted by Crippen LogP contribution is -2.26. The van der Waals surface area contributed by atoms with E-state index in [4.69, 9.17) is 4.74 Å². The summed E-state index contributed by atoms with van der Waals surface area (Å²) in [4.78, 5) is 4.38. The van der Waals surface area contributed by atoms with Gasteiger partial charge in [0.2, 0.25) is 10.0 Å². The molecule has 27 heavy (non-hydrogen) atoms. The minimum absolute atomic E-state index is 0.193. The normalized spacial score (nSPS) is 11.5. The summed E-state index contributed by atoms with van der Waals surface area (Å²) in [6.45, 7) is 2.18. The molecule has 0 aliphatic carbocycles. The molecule has 0 atom stereocenters. The van der Waals surface area contributed by atoms with Gasteiger partial charge in [-0.25, -0.2) is 13.1 Å². The third-order valence-corrected chi connectivity index (χ3v) is 5.61.